The molecule has 134 valence electrons. The number of rotatable bonds is 10. The molecule has 0 saturated carbocycles. The van der Waals surface area contributed by atoms with Crippen LogP contribution in [0.15, 0.2) is 54.2 Å². The molecule has 1 aromatic rings. The van der Waals surface area contributed by atoms with Crippen LogP contribution < -0.4 is 5.32 Å². The van der Waals surface area contributed by atoms with Crippen molar-refractivity contribution in [3.63, 3.8) is 0 Å². The number of hydrogen-bond acceptors (Lipinski definition) is 1. The van der Waals surface area contributed by atoms with Crippen molar-refractivity contribution in [1.29, 1.82) is 0 Å². The molecule has 0 aliphatic carbocycles. The molecule has 0 aliphatic heterocycles. The summed E-state index contributed by atoms with van der Waals surface area (Å²) in [6.07, 6.45) is 16.0. The number of benzene rings is 1. The van der Waals surface area contributed by atoms with Crippen molar-refractivity contribution in [2.24, 2.45) is 5.92 Å². The first-order valence-corrected chi connectivity index (χ1v) is 9.36. The van der Waals surface area contributed by atoms with Crippen molar-refractivity contribution < 1.29 is 0 Å². The highest BCUT2D eigenvalue weighted by Crippen LogP contribution is 2.25. The van der Waals surface area contributed by atoms with Crippen molar-refractivity contribution in [3.8, 4) is 12.3 Å². The van der Waals surface area contributed by atoms with E-state index in [9.17, 15) is 0 Å². The summed E-state index contributed by atoms with van der Waals surface area (Å²) in [5.74, 6) is 3.24. The van der Waals surface area contributed by atoms with Gasteiger partial charge in [0.05, 0.1) is 0 Å². The van der Waals surface area contributed by atoms with Gasteiger partial charge < -0.3 is 5.32 Å². The molecule has 1 unspecified atom stereocenters. The molecule has 0 heterocycles. The zero-order valence-corrected chi connectivity index (χ0v) is 16.4. The zero-order valence-electron chi connectivity index (χ0n) is 16.4. The first-order chi connectivity index (χ1) is 12.0. The quantitative estimate of drug-likeness (QED) is 0.382. The average Bonchev–Trinajstić information content (AvgIpc) is 2.62. The summed E-state index contributed by atoms with van der Waals surface area (Å²) in [5.41, 5.74) is 6.20. The summed E-state index contributed by atoms with van der Waals surface area (Å²) in [6, 6.07) is 6.78. The normalized spacial score (nSPS) is 13.2. The minimum atomic E-state index is 0.592. The lowest BCUT2D eigenvalue weighted by Gasteiger charge is -2.18. The fourth-order valence-corrected chi connectivity index (χ4v) is 3.03. The standard InChI is InChI=1S/C24H33N/c1-7-11-23(19(5)12-14-21(8-2)9-3)17-16-22-15-13-20(6)24(18-22)25-10-4/h2,9,12-15,18,23,25H,3,7,10-11,16-17H2,1,4-6H3/b19-12+,21-14-. The summed E-state index contributed by atoms with van der Waals surface area (Å²) in [4.78, 5) is 0. The lowest BCUT2D eigenvalue weighted by molar-refractivity contribution is 0.510. The van der Waals surface area contributed by atoms with Crippen LogP contribution in [0.2, 0.25) is 0 Å². The Labute approximate surface area is 154 Å². The summed E-state index contributed by atoms with van der Waals surface area (Å²) in [5, 5.41) is 3.45. The largest absolute Gasteiger partial charge is 0.385 e. The number of anilines is 1. The Balaban J connectivity index is 2.83. The van der Waals surface area contributed by atoms with Gasteiger partial charge in [0.2, 0.25) is 0 Å². The number of hydrogen-bond donors (Lipinski definition) is 1. The molecular weight excluding hydrogens is 302 g/mol. The van der Waals surface area contributed by atoms with E-state index in [2.05, 4.69) is 69.8 Å². The molecule has 0 aliphatic rings. The van der Waals surface area contributed by atoms with Gasteiger partial charge in [-0.05, 0) is 69.2 Å². The monoisotopic (exact) mass is 335 g/mol. The van der Waals surface area contributed by atoms with E-state index in [1.54, 1.807) is 6.08 Å². The maximum Gasteiger partial charge on any atom is 0.0372 e. The van der Waals surface area contributed by atoms with E-state index >= 15 is 0 Å². The van der Waals surface area contributed by atoms with Gasteiger partial charge >= 0.3 is 0 Å². The third-order valence-corrected chi connectivity index (χ3v) is 4.64. The highest BCUT2D eigenvalue weighted by Gasteiger charge is 2.10. The highest BCUT2D eigenvalue weighted by molar-refractivity contribution is 5.52. The smallest absolute Gasteiger partial charge is 0.0372 e. The number of aryl methyl sites for hydroxylation is 2. The fraction of sp³-hybridized carbons (Fsp3) is 0.417. The Hall–Kier alpha value is -2.20. The van der Waals surface area contributed by atoms with Crippen LogP contribution in [0.3, 0.4) is 0 Å². The van der Waals surface area contributed by atoms with E-state index in [0.717, 1.165) is 25.0 Å². The van der Waals surface area contributed by atoms with Gasteiger partial charge in [-0.25, -0.2) is 0 Å². The maximum absolute atomic E-state index is 5.47. The summed E-state index contributed by atoms with van der Waals surface area (Å²) < 4.78 is 0. The minimum absolute atomic E-state index is 0.592. The molecule has 0 amide bonds. The Kier molecular flexibility index (Phi) is 9.48. The summed E-state index contributed by atoms with van der Waals surface area (Å²) in [6.45, 7) is 13.5. The maximum atomic E-state index is 5.47. The van der Waals surface area contributed by atoms with E-state index in [-0.39, 0.29) is 0 Å². The number of terminal acetylenes is 1. The van der Waals surface area contributed by atoms with Crippen LogP contribution in [0, 0.1) is 25.2 Å². The Morgan fingerprint density at radius 2 is 2.04 bits per heavy atom. The average molecular weight is 336 g/mol. The molecule has 0 aromatic heterocycles. The Bertz CT molecular complexity index is 655. The van der Waals surface area contributed by atoms with Crippen molar-refractivity contribution >= 4 is 5.69 Å². The summed E-state index contributed by atoms with van der Waals surface area (Å²) in [7, 11) is 0. The second kappa shape index (κ2) is 11.4. The highest BCUT2D eigenvalue weighted by atomic mass is 14.9. The van der Waals surface area contributed by atoms with Crippen LogP contribution in [-0.2, 0) is 6.42 Å². The van der Waals surface area contributed by atoms with Gasteiger partial charge in [-0.15, -0.1) is 6.42 Å². The molecule has 0 fully saturated rings. The van der Waals surface area contributed by atoms with Gasteiger partial charge in [-0.2, -0.15) is 0 Å². The minimum Gasteiger partial charge on any atom is -0.385 e. The lowest BCUT2D eigenvalue weighted by Crippen LogP contribution is -2.05. The molecular formula is C24H33N. The van der Waals surface area contributed by atoms with E-state index < -0.39 is 0 Å². The van der Waals surface area contributed by atoms with Crippen LogP contribution in [-0.4, -0.2) is 6.54 Å². The SMILES string of the molecule is C#C/C(C=C)=C/C=C(\C)C(CCC)CCc1ccc(C)c(NCC)c1. The van der Waals surface area contributed by atoms with Gasteiger partial charge in [0.15, 0.2) is 0 Å². The molecule has 0 saturated heterocycles. The number of nitrogens with one attached hydrogen (secondary N) is 1. The molecule has 0 bridgehead atoms. The zero-order chi connectivity index (χ0) is 18.7. The van der Waals surface area contributed by atoms with Crippen LogP contribution in [0.5, 0.6) is 0 Å². The first kappa shape index (κ1) is 20.8. The van der Waals surface area contributed by atoms with Gasteiger partial charge in [-0.1, -0.05) is 55.7 Å². The van der Waals surface area contributed by atoms with Crippen molar-refractivity contribution in [3.05, 3.63) is 65.3 Å². The van der Waals surface area contributed by atoms with E-state index in [4.69, 9.17) is 6.42 Å². The lowest BCUT2D eigenvalue weighted by atomic mass is 9.88. The second-order valence-corrected chi connectivity index (χ2v) is 6.59. The van der Waals surface area contributed by atoms with Gasteiger partial charge in [-0.3, -0.25) is 0 Å². The Morgan fingerprint density at radius 3 is 2.64 bits per heavy atom. The van der Waals surface area contributed by atoms with Gasteiger partial charge in [0, 0.05) is 17.8 Å². The van der Waals surface area contributed by atoms with Crippen molar-refractivity contribution in [1.82, 2.24) is 0 Å². The molecule has 1 atom stereocenters. The molecule has 0 spiro atoms. The van der Waals surface area contributed by atoms with Crippen LogP contribution in [0.25, 0.3) is 0 Å². The molecule has 1 aromatic carbocycles. The Morgan fingerprint density at radius 1 is 1.28 bits per heavy atom. The van der Waals surface area contributed by atoms with Crippen LogP contribution in [0.1, 0.15) is 51.2 Å². The predicted molar refractivity (Wildman–Crippen MR) is 113 cm³/mol. The van der Waals surface area contributed by atoms with Gasteiger partial charge in [0.25, 0.3) is 0 Å². The first-order valence-electron chi connectivity index (χ1n) is 9.36. The molecule has 1 rings (SSSR count). The second-order valence-electron chi connectivity index (χ2n) is 6.59. The predicted octanol–water partition coefficient (Wildman–Crippen LogP) is 6.47. The fourth-order valence-electron chi connectivity index (χ4n) is 3.03. The molecule has 1 heteroatoms. The third-order valence-electron chi connectivity index (χ3n) is 4.64. The van der Waals surface area contributed by atoms with Crippen LogP contribution >= 0.6 is 0 Å². The van der Waals surface area contributed by atoms with Crippen LogP contribution in [0.4, 0.5) is 5.69 Å². The number of allylic oxidation sites excluding steroid dienone is 5. The third kappa shape index (κ3) is 7.06. The topological polar surface area (TPSA) is 12.0 Å². The van der Waals surface area contributed by atoms with Crippen molar-refractivity contribution in [2.75, 3.05) is 11.9 Å². The molecule has 1 N–H and O–H groups in total. The van der Waals surface area contributed by atoms with E-state index in [0.29, 0.717) is 5.92 Å². The van der Waals surface area contributed by atoms with E-state index in [1.807, 2.05) is 6.08 Å². The molecule has 1 nitrogen and oxygen atoms in total. The molecule has 25 heavy (non-hydrogen) atoms. The molecule has 0 radical (unpaired) electrons. The van der Waals surface area contributed by atoms with Crippen molar-refractivity contribution in [2.45, 2.75) is 53.4 Å². The van der Waals surface area contributed by atoms with E-state index in [1.165, 1.54) is 35.2 Å². The van der Waals surface area contributed by atoms with Gasteiger partial charge in [0.1, 0.15) is 0 Å². The summed E-state index contributed by atoms with van der Waals surface area (Å²) >= 11 is 0.